The highest BCUT2D eigenvalue weighted by Crippen LogP contribution is 2.17. The van der Waals surface area contributed by atoms with E-state index in [-0.39, 0.29) is 0 Å². The highest BCUT2D eigenvalue weighted by Gasteiger charge is 2.03. The van der Waals surface area contributed by atoms with Gasteiger partial charge in [-0.25, -0.2) is 0 Å². The monoisotopic (exact) mass is 322 g/mol. The standard InChI is InChI=1S/C22H42O/c1-5-9-15-21(7-3)17-11-13-19-23-20-14-12-18-22(8-4)16-10-6-2/h11-14,21-22H,5-10,15-20H2,1-4H3. The lowest BCUT2D eigenvalue weighted by Crippen LogP contribution is -1.98. The fourth-order valence-electron chi connectivity index (χ4n) is 2.88. The highest BCUT2D eigenvalue weighted by molar-refractivity contribution is 4.86. The van der Waals surface area contributed by atoms with Gasteiger partial charge in [0.1, 0.15) is 0 Å². The van der Waals surface area contributed by atoms with E-state index in [9.17, 15) is 0 Å². The third kappa shape index (κ3) is 14.7. The Hall–Kier alpha value is -0.560. The molecule has 0 saturated heterocycles. The Balaban J connectivity index is 3.62. The van der Waals surface area contributed by atoms with E-state index in [4.69, 9.17) is 4.74 Å². The molecule has 0 heterocycles. The zero-order valence-electron chi connectivity index (χ0n) is 16.4. The van der Waals surface area contributed by atoms with Gasteiger partial charge in [-0.3, -0.25) is 0 Å². The largest absolute Gasteiger partial charge is 0.373 e. The van der Waals surface area contributed by atoms with Gasteiger partial charge in [-0.2, -0.15) is 0 Å². The first-order valence-electron chi connectivity index (χ1n) is 10.2. The van der Waals surface area contributed by atoms with Crippen LogP contribution >= 0.6 is 0 Å². The lowest BCUT2D eigenvalue weighted by molar-refractivity contribution is 0.193. The molecule has 0 rings (SSSR count). The molecule has 23 heavy (non-hydrogen) atoms. The minimum absolute atomic E-state index is 0.752. The zero-order chi connectivity index (χ0) is 17.2. The van der Waals surface area contributed by atoms with Crippen molar-refractivity contribution in [2.75, 3.05) is 13.2 Å². The van der Waals surface area contributed by atoms with Crippen LogP contribution in [0, 0.1) is 11.8 Å². The summed E-state index contributed by atoms with van der Waals surface area (Å²) in [5, 5.41) is 0. The first kappa shape index (κ1) is 22.4. The Morgan fingerprint density at radius 3 is 1.43 bits per heavy atom. The van der Waals surface area contributed by atoms with E-state index in [0.29, 0.717) is 0 Å². The van der Waals surface area contributed by atoms with E-state index < -0.39 is 0 Å². The van der Waals surface area contributed by atoms with E-state index in [1.807, 2.05) is 0 Å². The molecule has 136 valence electrons. The summed E-state index contributed by atoms with van der Waals surface area (Å²) in [6, 6.07) is 0. The van der Waals surface area contributed by atoms with Crippen molar-refractivity contribution in [3.05, 3.63) is 24.3 Å². The molecule has 0 spiro atoms. The summed E-state index contributed by atoms with van der Waals surface area (Å²) in [6.07, 6.45) is 22.1. The molecule has 0 amide bonds. The van der Waals surface area contributed by atoms with Gasteiger partial charge in [0.05, 0.1) is 13.2 Å². The highest BCUT2D eigenvalue weighted by atomic mass is 16.5. The van der Waals surface area contributed by atoms with Crippen LogP contribution in [0.2, 0.25) is 0 Å². The van der Waals surface area contributed by atoms with Crippen LogP contribution in [-0.4, -0.2) is 13.2 Å². The normalized spacial score (nSPS) is 14.8. The fourth-order valence-corrected chi connectivity index (χ4v) is 2.88. The number of rotatable bonds is 16. The number of hydrogen-bond donors (Lipinski definition) is 0. The maximum Gasteiger partial charge on any atom is 0.0651 e. The number of unbranched alkanes of at least 4 members (excludes halogenated alkanes) is 2. The summed E-state index contributed by atoms with van der Waals surface area (Å²) in [5.74, 6) is 1.72. The molecule has 0 radical (unpaired) electrons. The van der Waals surface area contributed by atoms with Crippen molar-refractivity contribution in [2.45, 2.75) is 91.9 Å². The molecule has 0 aliphatic rings. The summed E-state index contributed by atoms with van der Waals surface area (Å²) in [5.41, 5.74) is 0. The van der Waals surface area contributed by atoms with E-state index >= 15 is 0 Å². The van der Waals surface area contributed by atoms with Gasteiger partial charge >= 0.3 is 0 Å². The third-order valence-electron chi connectivity index (χ3n) is 4.79. The maximum atomic E-state index is 5.65. The van der Waals surface area contributed by atoms with E-state index in [2.05, 4.69) is 52.0 Å². The van der Waals surface area contributed by atoms with Crippen molar-refractivity contribution >= 4 is 0 Å². The Kier molecular flexibility index (Phi) is 17.4. The number of ether oxygens (including phenoxy) is 1. The van der Waals surface area contributed by atoms with Crippen molar-refractivity contribution in [2.24, 2.45) is 11.8 Å². The second-order valence-electron chi connectivity index (χ2n) is 6.78. The van der Waals surface area contributed by atoms with Gasteiger partial charge in [-0.15, -0.1) is 0 Å². The van der Waals surface area contributed by atoms with Gasteiger partial charge in [-0.1, -0.05) is 103 Å². The van der Waals surface area contributed by atoms with Crippen LogP contribution in [0.4, 0.5) is 0 Å². The maximum absolute atomic E-state index is 5.65. The Bertz CT molecular complexity index is 252. The van der Waals surface area contributed by atoms with Gasteiger partial charge in [-0.05, 0) is 24.7 Å². The van der Waals surface area contributed by atoms with Gasteiger partial charge in [0.2, 0.25) is 0 Å². The van der Waals surface area contributed by atoms with Crippen molar-refractivity contribution in [1.82, 2.24) is 0 Å². The van der Waals surface area contributed by atoms with Crippen molar-refractivity contribution in [3.8, 4) is 0 Å². The summed E-state index contributed by atoms with van der Waals surface area (Å²) < 4.78 is 5.65. The molecule has 2 atom stereocenters. The van der Waals surface area contributed by atoms with Gasteiger partial charge in [0.25, 0.3) is 0 Å². The van der Waals surface area contributed by atoms with Crippen LogP contribution in [-0.2, 0) is 4.74 Å². The molecule has 0 saturated carbocycles. The van der Waals surface area contributed by atoms with Gasteiger partial charge in [0, 0.05) is 0 Å². The van der Waals surface area contributed by atoms with Crippen molar-refractivity contribution in [1.29, 1.82) is 0 Å². The lowest BCUT2D eigenvalue weighted by atomic mass is 9.96. The predicted octanol–water partition coefficient (Wildman–Crippen LogP) is 7.33. The fraction of sp³-hybridized carbons (Fsp3) is 0.818. The van der Waals surface area contributed by atoms with E-state index in [1.54, 1.807) is 0 Å². The van der Waals surface area contributed by atoms with E-state index in [1.165, 1.54) is 64.2 Å². The average Bonchev–Trinajstić information content (AvgIpc) is 2.58. The minimum atomic E-state index is 0.752. The van der Waals surface area contributed by atoms with Crippen LogP contribution in [0.1, 0.15) is 91.9 Å². The summed E-state index contributed by atoms with van der Waals surface area (Å²) >= 11 is 0. The second kappa shape index (κ2) is 17.8. The quantitative estimate of drug-likeness (QED) is 0.213. The minimum Gasteiger partial charge on any atom is -0.373 e. The van der Waals surface area contributed by atoms with Crippen LogP contribution in [0.25, 0.3) is 0 Å². The van der Waals surface area contributed by atoms with E-state index in [0.717, 1.165) is 25.0 Å². The van der Waals surface area contributed by atoms with Crippen molar-refractivity contribution in [3.63, 3.8) is 0 Å². The number of hydrogen-bond acceptors (Lipinski definition) is 1. The first-order chi connectivity index (χ1) is 11.3. The Labute approximate surface area is 146 Å². The first-order valence-corrected chi connectivity index (χ1v) is 10.2. The smallest absolute Gasteiger partial charge is 0.0651 e. The molecule has 0 aliphatic carbocycles. The summed E-state index contributed by atoms with van der Waals surface area (Å²) in [6.45, 7) is 10.7. The molecule has 0 N–H and O–H groups in total. The zero-order valence-corrected chi connectivity index (χ0v) is 16.4. The van der Waals surface area contributed by atoms with Crippen LogP contribution in [0.15, 0.2) is 24.3 Å². The van der Waals surface area contributed by atoms with Crippen LogP contribution in [0.5, 0.6) is 0 Å². The molecule has 0 bridgehead atoms. The molecular formula is C22H42O. The molecule has 1 heteroatoms. The third-order valence-corrected chi connectivity index (χ3v) is 4.79. The van der Waals surface area contributed by atoms with Crippen molar-refractivity contribution < 1.29 is 4.74 Å². The van der Waals surface area contributed by atoms with Gasteiger partial charge < -0.3 is 4.74 Å². The molecule has 0 aromatic heterocycles. The summed E-state index contributed by atoms with van der Waals surface area (Å²) in [4.78, 5) is 0. The molecule has 2 unspecified atom stereocenters. The molecular weight excluding hydrogens is 280 g/mol. The molecule has 0 aromatic carbocycles. The molecule has 1 nitrogen and oxygen atoms in total. The summed E-state index contributed by atoms with van der Waals surface area (Å²) in [7, 11) is 0. The second-order valence-corrected chi connectivity index (χ2v) is 6.78. The predicted molar refractivity (Wildman–Crippen MR) is 105 cm³/mol. The Morgan fingerprint density at radius 2 is 1.09 bits per heavy atom. The molecule has 0 fully saturated rings. The lowest BCUT2D eigenvalue weighted by Gasteiger charge is -2.11. The van der Waals surface area contributed by atoms with Gasteiger partial charge in [0.15, 0.2) is 0 Å². The van der Waals surface area contributed by atoms with Crippen LogP contribution in [0.3, 0.4) is 0 Å². The number of allylic oxidation sites excluding steroid dienone is 2. The topological polar surface area (TPSA) is 9.23 Å². The molecule has 0 aromatic rings. The average molecular weight is 323 g/mol. The van der Waals surface area contributed by atoms with Crippen LogP contribution < -0.4 is 0 Å². The molecule has 0 aliphatic heterocycles. The Morgan fingerprint density at radius 1 is 0.652 bits per heavy atom. The SMILES string of the molecule is CCCCC(CC)CC=CCOCC=CCC(CC)CCCC.